The summed E-state index contributed by atoms with van der Waals surface area (Å²) in [5, 5.41) is 0. The maximum absolute atomic E-state index is 11.4. The summed E-state index contributed by atoms with van der Waals surface area (Å²) in [7, 11) is 0. The van der Waals surface area contributed by atoms with Crippen LogP contribution in [0, 0.1) is 5.41 Å². The molecule has 0 atom stereocenters. The molecule has 0 bridgehead atoms. The molecule has 1 heterocycles. The van der Waals surface area contributed by atoms with Gasteiger partial charge in [0.25, 0.3) is 0 Å². The fourth-order valence-corrected chi connectivity index (χ4v) is 1.37. The van der Waals surface area contributed by atoms with Crippen LogP contribution in [0.4, 0.5) is 0 Å². The zero-order chi connectivity index (χ0) is 9.90. The first-order chi connectivity index (χ1) is 6.16. The van der Waals surface area contributed by atoms with E-state index in [2.05, 4.69) is 6.58 Å². The Morgan fingerprint density at radius 1 is 1.54 bits per heavy atom. The standard InChI is InChI=1S/C10H16O3/c1-4-10(6-12-7-10)8(3)9(11)13-5-2/h3-7H2,1-2H3. The summed E-state index contributed by atoms with van der Waals surface area (Å²) in [6, 6.07) is 0. The lowest BCUT2D eigenvalue weighted by molar-refractivity contribution is -0.147. The van der Waals surface area contributed by atoms with Crippen LogP contribution in [0.5, 0.6) is 0 Å². The second-order valence-electron chi connectivity index (χ2n) is 3.33. The molecular weight excluding hydrogens is 168 g/mol. The highest BCUT2D eigenvalue weighted by Crippen LogP contribution is 2.38. The number of carbonyl (C=O) groups is 1. The van der Waals surface area contributed by atoms with E-state index in [9.17, 15) is 4.79 Å². The Hall–Kier alpha value is -0.830. The molecule has 0 radical (unpaired) electrons. The van der Waals surface area contributed by atoms with E-state index in [0.717, 1.165) is 6.42 Å². The molecule has 3 heteroatoms. The molecule has 0 spiro atoms. The van der Waals surface area contributed by atoms with Crippen LogP contribution in [0.1, 0.15) is 20.3 Å². The third kappa shape index (κ3) is 1.75. The van der Waals surface area contributed by atoms with Crippen LogP contribution in [0.25, 0.3) is 0 Å². The van der Waals surface area contributed by atoms with Gasteiger partial charge in [-0.1, -0.05) is 13.5 Å². The quantitative estimate of drug-likeness (QED) is 0.491. The van der Waals surface area contributed by atoms with Gasteiger partial charge in [0, 0.05) is 11.0 Å². The van der Waals surface area contributed by atoms with Crippen molar-refractivity contribution in [3.63, 3.8) is 0 Å². The van der Waals surface area contributed by atoms with E-state index >= 15 is 0 Å². The zero-order valence-corrected chi connectivity index (χ0v) is 8.26. The molecule has 0 aliphatic carbocycles. The van der Waals surface area contributed by atoms with Crippen molar-refractivity contribution in [2.75, 3.05) is 19.8 Å². The number of hydrogen-bond donors (Lipinski definition) is 0. The van der Waals surface area contributed by atoms with Gasteiger partial charge in [0.05, 0.1) is 19.8 Å². The lowest BCUT2D eigenvalue weighted by atomic mass is 9.76. The lowest BCUT2D eigenvalue weighted by Gasteiger charge is -2.41. The van der Waals surface area contributed by atoms with E-state index in [4.69, 9.17) is 9.47 Å². The summed E-state index contributed by atoms with van der Waals surface area (Å²) in [6.07, 6.45) is 0.880. The predicted molar refractivity (Wildman–Crippen MR) is 49.3 cm³/mol. The van der Waals surface area contributed by atoms with E-state index in [1.54, 1.807) is 6.92 Å². The van der Waals surface area contributed by atoms with Crippen molar-refractivity contribution in [3.05, 3.63) is 12.2 Å². The largest absolute Gasteiger partial charge is 0.463 e. The molecule has 0 amide bonds. The number of ether oxygens (including phenoxy) is 2. The van der Waals surface area contributed by atoms with Crippen LogP contribution >= 0.6 is 0 Å². The summed E-state index contributed by atoms with van der Waals surface area (Å²) < 4.78 is 10.0. The van der Waals surface area contributed by atoms with Crippen molar-refractivity contribution >= 4 is 5.97 Å². The third-order valence-electron chi connectivity index (χ3n) is 2.60. The van der Waals surface area contributed by atoms with Crippen LogP contribution in [0.2, 0.25) is 0 Å². The fraction of sp³-hybridized carbons (Fsp3) is 0.700. The van der Waals surface area contributed by atoms with Crippen molar-refractivity contribution in [1.29, 1.82) is 0 Å². The van der Waals surface area contributed by atoms with Gasteiger partial charge in [-0.15, -0.1) is 0 Å². The summed E-state index contributed by atoms with van der Waals surface area (Å²) in [6.45, 7) is 9.21. The van der Waals surface area contributed by atoms with E-state index in [1.807, 2.05) is 6.92 Å². The molecule has 0 unspecified atom stereocenters. The van der Waals surface area contributed by atoms with Crippen molar-refractivity contribution < 1.29 is 14.3 Å². The zero-order valence-electron chi connectivity index (χ0n) is 8.26. The van der Waals surface area contributed by atoms with Crippen LogP contribution in [-0.2, 0) is 14.3 Å². The number of esters is 1. The van der Waals surface area contributed by atoms with Crippen molar-refractivity contribution in [3.8, 4) is 0 Å². The van der Waals surface area contributed by atoms with E-state index in [1.165, 1.54) is 0 Å². The van der Waals surface area contributed by atoms with Crippen LogP contribution in [-0.4, -0.2) is 25.8 Å². The van der Waals surface area contributed by atoms with Gasteiger partial charge in [-0.25, -0.2) is 4.79 Å². The Balaban J connectivity index is 2.59. The monoisotopic (exact) mass is 184 g/mol. The Labute approximate surface area is 78.7 Å². The van der Waals surface area contributed by atoms with Gasteiger partial charge in [-0.2, -0.15) is 0 Å². The Kier molecular flexibility index (Phi) is 3.09. The van der Waals surface area contributed by atoms with Gasteiger partial charge >= 0.3 is 5.97 Å². The predicted octanol–water partition coefficient (Wildman–Crippen LogP) is 1.53. The third-order valence-corrected chi connectivity index (χ3v) is 2.60. The van der Waals surface area contributed by atoms with Gasteiger partial charge in [-0.3, -0.25) is 0 Å². The first-order valence-corrected chi connectivity index (χ1v) is 4.60. The summed E-state index contributed by atoms with van der Waals surface area (Å²) >= 11 is 0. The second kappa shape index (κ2) is 3.92. The number of carbonyl (C=O) groups excluding carboxylic acids is 1. The molecule has 3 nitrogen and oxygen atoms in total. The summed E-state index contributed by atoms with van der Waals surface area (Å²) in [5.74, 6) is -0.285. The average molecular weight is 184 g/mol. The molecule has 0 aromatic carbocycles. The fourth-order valence-electron chi connectivity index (χ4n) is 1.37. The highest BCUT2D eigenvalue weighted by Gasteiger charge is 2.42. The molecule has 0 aromatic rings. The van der Waals surface area contributed by atoms with Gasteiger partial charge in [0.15, 0.2) is 0 Å². The molecule has 13 heavy (non-hydrogen) atoms. The van der Waals surface area contributed by atoms with Crippen LogP contribution in [0.15, 0.2) is 12.2 Å². The van der Waals surface area contributed by atoms with Crippen molar-refractivity contribution in [2.45, 2.75) is 20.3 Å². The van der Waals surface area contributed by atoms with Crippen LogP contribution < -0.4 is 0 Å². The Bertz CT molecular complexity index is 211. The minimum Gasteiger partial charge on any atom is -0.463 e. The maximum atomic E-state index is 11.4. The smallest absolute Gasteiger partial charge is 0.334 e. The Morgan fingerprint density at radius 3 is 2.46 bits per heavy atom. The molecule has 1 fully saturated rings. The second-order valence-corrected chi connectivity index (χ2v) is 3.33. The topological polar surface area (TPSA) is 35.5 Å². The van der Waals surface area contributed by atoms with Gasteiger partial charge in [0.2, 0.25) is 0 Å². The number of rotatable bonds is 4. The minimum atomic E-state index is -0.285. The molecule has 1 aliphatic rings. The summed E-state index contributed by atoms with van der Waals surface area (Å²) in [5.41, 5.74) is 0.412. The van der Waals surface area contributed by atoms with E-state index < -0.39 is 0 Å². The normalized spacial score (nSPS) is 18.9. The first kappa shape index (κ1) is 10.3. The van der Waals surface area contributed by atoms with E-state index in [-0.39, 0.29) is 11.4 Å². The lowest BCUT2D eigenvalue weighted by Crippen LogP contribution is -2.45. The Morgan fingerprint density at radius 2 is 2.15 bits per heavy atom. The highest BCUT2D eigenvalue weighted by molar-refractivity contribution is 5.89. The molecule has 74 valence electrons. The maximum Gasteiger partial charge on any atom is 0.334 e. The summed E-state index contributed by atoms with van der Waals surface area (Å²) in [4.78, 5) is 11.4. The van der Waals surface area contributed by atoms with Gasteiger partial charge in [-0.05, 0) is 13.3 Å². The molecule has 1 aliphatic heterocycles. The van der Waals surface area contributed by atoms with Crippen molar-refractivity contribution in [2.24, 2.45) is 5.41 Å². The van der Waals surface area contributed by atoms with Gasteiger partial charge < -0.3 is 9.47 Å². The highest BCUT2D eigenvalue weighted by atomic mass is 16.5. The van der Waals surface area contributed by atoms with Crippen molar-refractivity contribution in [1.82, 2.24) is 0 Å². The minimum absolute atomic E-state index is 0.147. The molecule has 1 rings (SSSR count). The SMILES string of the molecule is C=C(C(=O)OCC)C1(CC)COC1. The molecule has 0 N–H and O–H groups in total. The number of hydrogen-bond acceptors (Lipinski definition) is 3. The van der Waals surface area contributed by atoms with E-state index in [0.29, 0.717) is 25.4 Å². The molecule has 0 saturated carbocycles. The first-order valence-electron chi connectivity index (χ1n) is 4.60. The molecule has 1 saturated heterocycles. The molecule has 0 aromatic heterocycles. The average Bonchev–Trinajstić information content (AvgIpc) is 2.03. The van der Waals surface area contributed by atoms with Crippen LogP contribution in [0.3, 0.4) is 0 Å². The van der Waals surface area contributed by atoms with Gasteiger partial charge in [0.1, 0.15) is 0 Å². The molecular formula is C10H16O3.